The third-order valence-electron chi connectivity index (χ3n) is 2.54. The standard InChI is InChI=1S/C11H19N/c1-4-12(5-2)11-9-7-6-8-10(11)3/h6-7H,4-5,8-9H2,1-3H3. The van der Waals surface area contributed by atoms with Crippen LogP contribution in [0.2, 0.25) is 0 Å². The largest absolute Gasteiger partial charge is 0.375 e. The summed E-state index contributed by atoms with van der Waals surface area (Å²) >= 11 is 0. The minimum Gasteiger partial charge on any atom is -0.375 e. The topological polar surface area (TPSA) is 3.24 Å². The average Bonchev–Trinajstić information content (AvgIpc) is 2.10. The van der Waals surface area contributed by atoms with Gasteiger partial charge in [-0.15, -0.1) is 0 Å². The fourth-order valence-electron chi connectivity index (χ4n) is 1.75. The van der Waals surface area contributed by atoms with Crippen molar-refractivity contribution < 1.29 is 0 Å². The third-order valence-corrected chi connectivity index (χ3v) is 2.54. The lowest BCUT2D eigenvalue weighted by Gasteiger charge is -2.27. The summed E-state index contributed by atoms with van der Waals surface area (Å²) in [6.07, 6.45) is 6.82. The molecule has 12 heavy (non-hydrogen) atoms. The second-order valence-electron chi connectivity index (χ2n) is 3.28. The van der Waals surface area contributed by atoms with E-state index in [9.17, 15) is 0 Å². The van der Waals surface area contributed by atoms with Gasteiger partial charge in [0.05, 0.1) is 0 Å². The van der Waals surface area contributed by atoms with E-state index in [0.29, 0.717) is 0 Å². The van der Waals surface area contributed by atoms with E-state index in [2.05, 4.69) is 37.8 Å². The Hall–Kier alpha value is -0.720. The molecule has 0 aromatic heterocycles. The molecule has 68 valence electrons. The molecule has 0 heterocycles. The van der Waals surface area contributed by atoms with Crippen LogP contribution in [0.3, 0.4) is 0 Å². The normalized spacial score (nSPS) is 16.9. The molecule has 0 N–H and O–H groups in total. The predicted molar refractivity (Wildman–Crippen MR) is 54.0 cm³/mol. The Kier molecular flexibility index (Phi) is 3.39. The first-order valence-corrected chi connectivity index (χ1v) is 4.88. The van der Waals surface area contributed by atoms with Crippen LogP contribution in [0.1, 0.15) is 33.6 Å². The lowest BCUT2D eigenvalue weighted by Crippen LogP contribution is -2.23. The van der Waals surface area contributed by atoms with E-state index in [-0.39, 0.29) is 0 Å². The van der Waals surface area contributed by atoms with E-state index in [4.69, 9.17) is 0 Å². The Morgan fingerprint density at radius 1 is 1.17 bits per heavy atom. The molecule has 1 heteroatoms. The smallest absolute Gasteiger partial charge is 0.0163 e. The fourth-order valence-corrected chi connectivity index (χ4v) is 1.75. The quantitative estimate of drug-likeness (QED) is 0.581. The maximum atomic E-state index is 2.46. The second kappa shape index (κ2) is 4.34. The van der Waals surface area contributed by atoms with E-state index < -0.39 is 0 Å². The van der Waals surface area contributed by atoms with E-state index in [0.717, 1.165) is 25.9 Å². The minimum absolute atomic E-state index is 1.13. The number of hydrogen-bond donors (Lipinski definition) is 0. The molecule has 0 spiro atoms. The van der Waals surface area contributed by atoms with Crippen molar-refractivity contribution >= 4 is 0 Å². The monoisotopic (exact) mass is 165 g/mol. The van der Waals surface area contributed by atoms with Gasteiger partial charge in [-0.25, -0.2) is 0 Å². The first kappa shape index (κ1) is 9.37. The van der Waals surface area contributed by atoms with Gasteiger partial charge in [0.25, 0.3) is 0 Å². The van der Waals surface area contributed by atoms with E-state index in [1.807, 2.05) is 0 Å². The van der Waals surface area contributed by atoms with Gasteiger partial charge in [0.15, 0.2) is 0 Å². The van der Waals surface area contributed by atoms with Gasteiger partial charge in [0, 0.05) is 25.2 Å². The Morgan fingerprint density at radius 2 is 1.75 bits per heavy atom. The molecule has 0 radical (unpaired) electrons. The van der Waals surface area contributed by atoms with Gasteiger partial charge in [-0.2, -0.15) is 0 Å². The van der Waals surface area contributed by atoms with Crippen LogP contribution in [0.25, 0.3) is 0 Å². The van der Waals surface area contributed by atoms with Crippen molar-refractivity contribution in [1.82, 2.24) is 4.90 Å². The van der Waals surface area contributed by atoms with Gasteiger partial charge in [-0.05, 0) is 27.2 Å². The minimum atomic E-state index is 1.13. The van der Waals surface area contributed by atoms with Crippen LogP contribution in [-0.4, -0.2) is 18.0 Å². The lowest BCUT2D eigenvalue weighted by atomic mass is 10.0. The zero-order valence-corrected chi connectivity index (χ0v) is 8.43. The van der Waals surface area contributed by atoms with Crippen LogP contribution in [0.15, 0.2) is 23.4 Å². The van der Waals surface area contributed by atoms with Crippen LogP contribution < -0.4 is 0 Å². The molecule has 1 aliphatic rings. The SMILES string of the molecule is CCN(CC)C1=C(C)CC=CC1. The Morgan fingerprint density at radius 3 is 2.25 bits per heavy atom. The van der Waals surface area contributed by atoms with Crippen molar-refractivity contribution in [2.75, 3.05) is 13.1 Å². The molecule has 0 saturated carbocycles. The first-order valence-electron chi connectivity index (χ1n) is 4.88. The second-order valence-corrected chi connectivity index (χ2v) is 3.28. The van der Waals surface area contributed by atoms with Gasteiger partial charge in [0.1, 0.15) is 0 Å². The summed E-state index contributed by atoms with van der Waals surface area (Å²) in [6.45, 7) is 8.97. The van der Waals surface area contributed by atoms with Gasteiger partial charge in [-0.3, -0.25) is 0 Å². The van der Waals surface area contributed by atoms with Gasteiger partial charge < -0.3 is 4.90 Å². The molecular weight excluding hydrogens is 146 g/mol. The van der Waals surface area contributed by atoms with Gasteiger partial charge in [-0.1, -0.05) is 17.7 Å². The zero-order chi connectivity index (χ0) is 8.97. The van der Waals surface area contributed by atoms with Crippen LogP contribution in [0.4, 0.5) is 0 Å². The summed E-state index contributed by atoms with van der Waals surface area (Å²) < 4.78 is 0. The molecule has 1 nitrogen and oxygen atoms in total. The Balaban J connectivity index is 2.70. The van der Waals surface area contributed by atoms with Crippen molar-refractivity contribution in [2.45, 2.75) is 33.6 Å². The molecule has 0 atom stereocenters. The van der Waals surface area contributed by atoms with E-state index in [1.54, 1.807) is 11.3 Å². The maximum absolute atomic E-state index is 2.46. The first-order chi connectivity index (χ1) is 5.79. The molecule has 1 aliphatic carbocycles. The summed E-state index contributed by atoms with van der Waals surface area (Å²) in [5, 5.41) is 0. The molecule has 0 saturated heterocycles. The van der Waals surface area contributed by atoms with Crippen LogP contribution in [-0.2, 0) is 0 Å². The molecule has 0 aromatic carbocycles. The molecule has 0 fully saturated rings. The molecule has 1 rings (SSSR count). The average molecular weight is 165 g/mol. The highest BCUT2D eigenvalue weighted by Gasteiger charge is 2.09. The number of rotatable bonds is 3. The number of nitrogens with zero attached hydrogens (tertiary/aromatic N) is 1. The predicted octanol–water partition coefficient (Wildman–Crippen LogP) is 2.95. The van der Waals surface area contributed by atoms with Crippen molar-refractivity contribution in [1.29, 1.82) is 0 Å². The lowest BCUT2D eigenvalue weighted by molar-refractivity contribution is 0.369. The molecule has 0 aliphatic heterocycles. The van der Waals surface area contributed by atoms with E-state index >= 15 is 0 Å². The fraction of sp³-hybridized carbons (Fsp3) is 0.636. The number of hydrogen-bond acceptors (Lipinski definition) is 1. The Labute approximate surface area is 75.8 Å². The van der Waals surface area contributed by atoms with Crippen molar-refractivity contribution in [3.8, 4) is 0 Å². The summed E-state index contributed by atoms with van der Waals surface area (Å²) in [7, 11) is 0. The van der Waals surface area contributed by atoms with Crippen molar-refractivity contribution in [3.05, 3.63) is 23.4 Å². The highest BCUT2D eigenvalue weighted by molar-refractivity contribution is 5.21. The Bertz CT molecular complexity index is 197. The van der Waals surface area contributed by atoms with Gasteiger partial charge in [0.2, 0.25) is 0 Å². The van der Waals surface area contributed by atoms with Crippen LogP contribution >= 0.6 is 0 Å². The number of allylic oxidation sites excluding steroid dienone is 3. The summed E-state index contributed by atoms with van der Waals surface area (Å²) in [6, 6.07) is 0. The van der Waals surface area contributed by atoms with Crippen molar-refractivity contribution in [3.63, 3.8) is 0 Å². The van der Waals surface area contributed by atoms with Crippen molar-refractivity contribution in [2.24, 2.45) is 0 Å². The maximum Gasteiger partial charge on any atom is 0.0163 e. The van der Waals surface area contributed by atoms with Gasteiger partial charge >= 0.3 is 0 Å². The molecule has 0 aromatic rings. The van der Waals surface area contributed by atoms with Crippen LogP contribution in [0, 0.1) is 0 Å². The highest BCUT2D eigenvalue weighted by Crippen LogP contribution is 2.21. The summed E-state index contributed by atoms with van der Waals surface area (Å²) in [4.78, 5) is 2.46. The summed E-state index contributed by atoms with van der Waals surface area (Å²) in [5.41, 5.74) is 3.09. The summed E-state index contributed by atoms with van der Waals surface area (Å²) in [5.74, 6) is 0. The molecule has 0 amide bonds. The highest BCUT2D eigenvalue weighted by atomic mass is 15.1. The zero-order valence-electron chi connectivity index (χ0n) is 8.43. The molecule has 0 bridgehead atoms. The molecular formula is C11H19N. The molecule has 0 unspecified atom stereocenters. The van der Waals surface area contributed by atoms with Crippen LogP contribution in [0.5, 0.6) is 0 Å². The third kappa shape index (κ3) is 1.90. The van der Waals surface area contributed by atoms with E-state index in [1.165, 1.54) is 0 Å².